The molecule has 1 aliphatic heterocycles. The van der Waals surface area contributed by atoms with E-state index < -0.39 is 11.7 Å². The number of nitrogens with zero attached hydrogens (tertiary/aromatic N) is 2. The second kappa shape index (κ2) is 6.96. The van der Waals surface area contributed by atoms with Crippen LogP contribution in [0.1, 0.15) is 30.5 Å². The Kier molecular flexibility index (Phi) is 4.63. The van der Waals surface area contributed by atoms with Gasteiger partial charge in [0.05, 0.1) is 23.4 Å². The summed E-state index contributed by atoms with van der Waals surface area (Å²) < 4.78 is 38.9. The summed E-state index contributed by atoms with van der Waals surface area (Å²) in [5.74, 6) is -0.0194. The van der Waals surface area contributed by atoms with Gasteiger partial charge in [0.1, 0.15) is 0 Å². The summed E-state index contributed by atoms with van der Waals surface area (Å²) in [4.78, 5) is 18.4. The van der Waals surface area contributed by atoms with Crippen molar-refractivity contribution in [3.63, 3.8) is 0 Å². The molecule has 0 radical (unpaired) electrons. The number of halogens is 3. The summed E-state index contributed by atoms with van der Waals surface area (Å²) in [7, 11) is 0. The van der Waals surface area contributed by atoms with Gasteiger partial charge in [-0.15, -0.1) is 0 Å². The van der Waals surface area contributed by atoms with Crippen molar-refractivity contribution in [2.24, 2.45) is 0 Å². The SMILES string of the molecule is O=C1Cc2ncc(-c3cccc(C(F)(F)F)c3)cc2N1CCNC1CCC1. The molecular formula is C20H20F3N3O. The fraction of sp³-hybridized carbons (Fsp3) is 0.400. The van der Waals surface area contributed by atoms with Crippen molar-refractivity contribution in [1.82, 2.24) is 10.3 Å². The van der Waals surface area contributed by atoms with Gasteiger partial charge in [-0.2, -0.15) is 13.2 Å². The molecule has 1 N–H and O–H groups in total. The standard InChI is InChI=1S/C20H20F3N3O/c21-20(22,23)15-4-1-3-13(9-15)14-10-18-17(25-12-14)11-19(27)26(18)8-7-24-16-5-2-6-16/h1,3-4,9-10,12,16,24H,2,5-8,11H2. The van der Waals surface area contributed by atoms with Crippen LogP contribution in [0.15, 0.2) is 36.5 Å². The molecule has 1 saturated carbocycles. The maximum atomic E-state index is 13.0. The summed E-state index contributed by atoms with van der Waals surface area (Å²) in [6, 6.07) is 7.48. The number of amides is 1. The average Bonchev–Trinajstić information content (AvgIpc) is 2.91. The van der Waals surface area contributed by atoms with Gasteiger partial charge in [0, 0.05) is 30.9 Å². The minimum atomic E-state index is -4.39. The van der Waals surface area contributed by atoms with Crippen LogP contribution >= 0.6 is 0 Å². The Labute approximate surface area is 155 Å². The maximum Gasteiger partial charge on any atom is 0.416 e. The Bertz CT molecular complexity index is 862. The van der Waals surface area contributed by atoms with Crippen LogP contribution in [0.3, 0.4) is 0 Å². The molecule has 1 aromatic heterocycles. The zero-order valence-electron chi connectivity index (χ0n) is 14.7. The number of carbonyl (C=O) groups excluding carboxylic acids is 1. The lowest BCUT2D eigenvalue weighted by atomic mass is 9.93. The Balaban J connectivity index is 1.56. The molecule has 4 rings (SSSR count). The number of nitrogens with one attached hydrogen (secondary N) is 1. The highest BCUT2D eigenvalue weighted by molar-refractivity contribution is 6.01. The van der Waals surface area contributed by atoms with Crippen LogP contribution in [0.4, 0.5) is 18.9 Å². The van der Waals surface area contributed by atoms with Gasteiger partial charge >= 0.3 is 6.18 Å². The van der Waals surface area contributed by atoms with E-state index in [9.17, 15) is 18.0 Å². The molecule has 7 heteroatoms. The topological polar surface area (TPSA) is 45.2 Å². The largest absolute Gasteiger partial charge is 0.416 e. The van der Waals surface area contributed by atoms with Crippen LogP contribution in [-0.2, 0) is 17.4 Å². The maximum absolute atomic E-state index is 13.0. The summed E-state index contributed by atoms with van der Waals surface area (Å²) >= 11 is 0. The van der Waals surface area contributed by atoms with Crippen molar-refractivity contribution in [2.45, 2.75) is 37.9 Å². The summed E-state index contributed by atoms with van der Waals surface area (Å²) in [6.45, 7) is 1.24. The Hall–Kier alpha value is -2.41. The first kappa shape index (κ1) is 18.0. The Morgan fingerprint density at radius 1 is 1.19 bits per heavy atom. The summed E-state index contributed by atoms with van der Waals surface area (Å²) in [6.07, 6.45) is 0.972. The zero-order valence-corrected chi connectivity index (χ0v) is 14.7. The second-order valence-electron chi connectivity index (χ2n) is 7.07. The number of carbonyl (C=O) groups is 1. The molecular weight excluding hydrogens is 355 g/mol. The van der Waals surface area contributed by atoms with E-state index in [1.54, 1.807) is 17.0 Å². The van der Waals surface area contributed by atoms with E-state index in [4.69, 9.17) is 0 Å². The van der Waals surface area contributed by atoms with Crippen molar-refractivity contribution in [3.8, 4) is 11.1 Å². The minimum Gasteiger partial charge on any atom is -0.312 e. The number of pyridine rings is 1. The van der Waals surface area contributed by atoms with Crippen molar-refractivity contribution in [1.29, 1.82) is 0 Å². The van der Waals surface area contributed by atoms with E-state index in [-0.39, 0.29) is 12.3 Å². The van der Waals surface area contributed by atoms with Crippen LogP contribution in [-0.4, -0.2) is 30.0 Å². The van der Waals surface area contributed by atoms with Gasteiger partial charge < -0.3 is 10.2 Å². The third-order valence-electron chi connectivity index (χ3n) is 5.25. The van der Waals surface area contributed by atoms with Gasteiger partial charge in [0.2, 0.25) is 5.91 Å². The molecule has 2 aromatic rings. The smallest absolute Gasteiger partial charge is 0.312 e. The molecule has 1 aromatic carbocycles. The van der Waals surface area contributed by atoms with E-state index in [1.165, 1.54) is 31.5 Å². The van der Waals surface area contributed by atoms with E-state index in [0.29, 0.717) is 41.6 Å². The minimum absolute atomic E-state index is 0.0194. The first-order valence-electron chi connectivity index (χ1n) is 9.12. The van der Waals surface area contributed by atoms with E-state index in [1.807, 2.05) is 0 Å². The summed E-state index contributed by atoms with van der Waals surface area (Å²) in [5, 5.41) is 3.43. The molecule has 0 spiro atoms. The zero-order chi connectivity index (χ0) is 19.0. The molecule has 142 valence electrons. The number of hydrogen-bond acceptors (Lipinski definition) is 3. The molecule has 2 aliphatic rings. The molecule has 2 heterocycles. The van der Waals surface area contributed by atoms with Gasteiger partial charge in [-0.25, -0.2) is 0 Å². The number of fused-ring (bicyclic) bond motifs is 1. The van der Waals surface area contributed by atoms with Crippen molar-refractivity contribution >= 4 is 11.6 Å². The monoisotopic (exact) mass is 375 g/mol. The number of hydrogen-bond donors (Lipinski definition) is 1. The fourth-order valence-electron chi connectivity index (χ4n) is 3.50. The van der Waals surface area contributed by atoms with Crippen molar-refractivity contribution in [2.75, 3.05) is 18.0 Å². The van der Waals surface area contributed by atoms with E-state index in [2.05, 4.69) is 10.3 Å². The first-order chi connectivity index (χ1) is 12.9. The van der Waals surface area contributed by atoms with Crippen LogP contribution in [0.25, 0.3) is 11.1 Å². The molecule has 1 amide bonds. The first-order valence-corrected chi connectivity index (χ1v) is 9.12. The molecule has 1 aliphatic carbocycles. The number of alkyl halides is 3. The average molecular weight is 375 g/mol. The van der Waals surface area contributed by atoms with Crippen LogP contribution in [0.2, 0.25) is 0 Å². The van der Waals surface area contributed by atoms with Crippen LogP contribution < -0.4 is 10.2 Å². The highest BCUT2D eigenvalue weighted by Gasteiger charge is 2.31. The van der Waals surface area contributed by atoms with Gasteiger partial charge in [0.15, 0.2) is 0 Å². The lowest BCUT2D eigenvalue weighted by Crippen LogP contribution is -2.41. The third-order valence-corrected chi connectivity index (χ3v) is 5.25. The normalized spacial score (nSPS) is 17.1. The van der Waals surface area contributed by atoms with E-state index in [0.717, 1.165) is 12.1 Å². The summed E-state index contributed by atoms with van der Waals surface area (Å²) in [5.41, 5.74) is 1.70. The number of rotatable bonds is 5. The number of aromatic nitrogens is 1. The molecule has 0 saturated heterocycles. The molecule has 4 nitrogen and oxygen atoms in total. The predicted molar refractivity (Wildman–Crippen MR) is 96.4 cm³/mol. The third kappa shape index (κ3) is 3.69. The van der Waals surface area contributed by atoms with Gasteiger partial charge in [-0.05, 0) is 36.6 Å². The molecule has 1 fully saturated rings. The second-order valence-corrected chi connectivity index (χ2v) is 7.07. The van der Waals surface area contributed by atoms with Gasteiger partial charge in [0.25, 0.3) is 0 Å². The van der Waals surface area contributed by atoms with Crippen LogP contribution in [0.5, 0.6) is 0 Å². The molecule has 0 bridgehead atoms. The number of benzene rings is 1. The molecule has 0 atom stereocenters. The predicted octanol–water partition coefficient (Wildman–Crippen LogP) is 3.80. The quantitative estimate of drug-likeness (QED) is 0.865. The molecule has 27 heavy (non-hydrogen) atoms. The Morgan fingerprint density at radius 3 is 2.70 bits per heavy atom. The lowest BCUT2D eigenvalue weighted by molar-refractivity contribution is -0.137. The van der Waals surface area contributed by atoms with Crippen molar-refractivity contribution in [3.05, 3.63) is 47.8 Å². The molecule has 0 unspecified atom stereocenters. The highest BCUT2D eigenvalue weighted by Crippen LogP contribution is 2.35. The van der Waals surface area contributed by atoms with Crippen molar-refractivity contribution < 1.29 is 18.0 Å². The Morgan fingerprint density at radius 2 is 2.00 bits per heavy atom. The highest BCUT2D eigenvalue weighted by atomic mass is 19.4. The van der Waals surface area contributed by atoms with Gasteiger partial charge in [-0.1, -0.05) is 18.6 Å². The van der Waals surface area contributed by atoms with Crippen LogP contribution in [0, 0.1) is 0 Å². The van der Waals surface area contributed by atoms with E-state index >= 15 is 0 Å². The lowest BCUT2D eigenvalue weighted by Gasteiger charge is -2.27. The number of anilines is 1. The van der Waals surface area contributed by atoms with Gasteiger partial charge in [-0.3, -0.25) is 9.78 Å². The fourth-order valence-corrected chi connectivity index (χ4v) is 3.50.